The van der Waals surface area contributed by atoms with E-state index in [0.29, 0.717) is 40.0 Å². The van der Waals surface area contributed by atoms with Gasteiger partial charge in [-0.3, -0.25) is 9.78 Å². The zero-order chi connectivity index (χ0) is 27.5. The molecule has 2 atom stereocenters. The summed E-state index contributed by atoms with van der Waals surface area (Å²) in [5.74, 6) is 1.75. The van der Waals surface area contributed by atoms with Crippen molar-refractivity contribution in [1.82, 2.24) is 19.9 Å². The second kappa shape index (κ2) is 11.1. The van der Waals surface area contributed by atoms with Crippen LogP contribution in [-0.2, 0) is 4.74 Å². The molecule has 200 valence electrons. The van der Waals surface area contributed by atoms with Gasteiger partial charge in [0.25, 0.3) is 5.56 Å². The molecule has 1 saturated heterocycles. The molecule has 10 nitrogen and oxygen atoms in total. The smallest absolute Gasteiger partial charge is 0.417 e. The van der Waals surface area contributed by atoms with Crippen LogP contribution in [0.3, 0.4) is 0 Å². The fraction of sp³-hybridized carbons (Fsp3) is 0.250. The first kappa shape index (κ1) is 26.2. The van der Waals surface area contributed by atoms with Crippen molar-refractivity contribution in [3.63, 3.8) is 0 Å². The first-order valence-electron chi connectivity index (χ1n) is 12.5. The number of aromatic nitrogens is 4. The maximum absolute atomic E-state index is 13.2. The number of hydrogen-bond donors (Lipinski definition) is 2. The van der Waals surface area contributed by atoms with Crippen LogP contribution in [0.15, 0.2) is 65.5 Å². The van der Waals surface area contributed by atoms with E-state index in [9.17, 15) is 9.59 Å². The van der Waals surface area contributed by atoms with Gasteiger partial charge < -0.3 is 14.8 Å². The van der Waals surface area contributed by atoms with E-state index in [-0.39, 0.29) is 30.1 Å². The summed E-state index contributed by atoms with van der Waals surface area (Å²) in [6.07, 6.45) is 0.195. The van der Waals surface area contributed by atoms with Crippen LogP contribution in [0.25, 0.3) is 11.1 Å². The summed E-state index contributed by atoms with van der Waals surface area (Å²) in [4.78, 5) is 43.1. The van der Waals surface area contributed by atoms with Crippen molar-refractivity contribution in [3.8, 4) is 22.8 Å². The Kier molecular flexibility index (Phi) is 7.47. The number of para-hydroxylation sites is 1. The number of halogens is 1. The Morgan fingerprint density at radius 1 is 1.13 bits per heavy atom. The highest BCUT2D eigenvalue weighted by Crippen LogP contribution is 2.33. The fourth-order valence-corrected chi connectivity index (χ4v) is 4.42. The van der Waals surface area contributed by atoms with Crippen molar-refractivity contribution in [2.75, 3.05) is 16.8 Å². The Labute approximate surface area is 230 Å². The van der Waals surface area contributed by atoms with Crippen LogP contribution in [0.1, 0.15) is 37.7 Å². The number of carbonyl (C=O) groups excluding carboxylic acids is 1. The summed E-state index contributed by atoms with van der Waals surface area (Å²) in [6.45, 7) is 5.78. The van der Waals surface area contributed by atoms with Gasteiger partial charge in [0.05, 0.1) is 12.1 Å². The number of cyclic esters (lactones) is 1. The Morgan fingerprint density at radius 2 is 1.87 bits per heavy atom. The number of benzene rings is 2. The highest BCUT2D eigenvalue weighted by Gasteiger charge is 2.35. The second-order valence-electron chi connectivity index (χ2n) is 9.10. The molecular weight excluding hydrogens is 520 g/mol. The third-order valence-corrected chi connectivity index (χ3v) is 6.60. The lowest BCUT2D eigenvalue weighted by Crippen LogP contribution is -2.35. The monoisotopic (exact) mass is 546 g/mol. The highest BCUT2D eigenvalue weighted by atomic mass is 35.5. The number of carbonyl (C=O) groups is 1. The average molecular weight is 547 g/mol. The highest BCUT2D eigenvalue weighted by molar-refractivity contribution is 6.30. The largest absolute Gasteiger partial charge is 0.447 e. The van der Waals surface area contributed by atoms with Gasteiger partial charge in [0.2, 0.25) is 17.8 Å². The standard InChI is InChI=1S/C28H27ClN6O4/c1-4-20-15-38-28(37)35(20)27-32-17(3)31-26(34-27)30-16(2)22-14-23(18-10-12-19(29)13-11-18)25(33-24(22)36)39-21-8-6-5-7-9-21/h5-14,16,20H,4,15H2,1-3H3,(H,33,36)(H,30,31,32,34)/t16-,20-/m0/s1. The molecule has 2 aromatic heterocycles. The van der Waals surface area contributed by atoms with Crippen molar-refractivity contribution >= 4 is 29.6 Å². The Morgan fingerprint density at radius 3 is 2.59 bits per heavy atom. The van der Waals surface area contributed by atoms with Gasteiger partial charge in [0, 0.05) is 16.1 Å². The number of amides is 1. The van der Waals surface area contributed by atoms with Crippen LogP contribution in [-0.4, -0.2) is 38.7 Å². The molecule has 1 fully saturated rings. The maximum Gasteiger partial charge on any atom is 0.417 e. The Balaban J connectivity index is 1.49. The number of aryl methyl sites for hydroxylation is 1. The Bertz CT molecular complexity index is 1540. The third-order valence-electron chi connectivity index (χ3n) is 6.35. The van der Waals surface area contributed by atoms with E-state index in [4.69, 9.17) is 21.1 Å². The molecule has 0 bridgehead atoms. The van der Waals surface area contributed by atoms with E-state index in [1.54, 1.807) is 25.1 Å². The van der Waals surface area contributed by atoms with Crippen molar-refractivity contribution < 1.29 is 14.3 Å². The molecule has 2 N–H and O–H groups in total. The van der Waals surface area contributed by atoms with Crippen LogP contribution >= 0.6 is 11.6 Å². The van der Waals surface area contributed by atoms with E-state index in [1.165, 1.54) is 4.90 Å². The molecule has 0 unspecified atom stereocenters. The number of H-pyrrole nitrogens is 1. The Hall–Kier alpha value is -4.44. The number of pyridine rings is 1. The lowest BCUT2D eigenvalue weighted by atomic mass is 10.0. The normalized spacial score (nSPS) is 15.6. The summed E-state index contributed by atoms with van der Waals surface area (Å²) >= 11 is 6.12. The predicted octanol–water partition coefficient (Wildman–Crippen LogP) is 5.89. The molecule has 0 saturated carbocycles. The van der Waals surface area contributed by atoms with E-state index < -0.39 is 12.1 Å². The number of anilines is 2. The maximum atomic E-state index is 13.2. The van der Waals surface area contributed by atoms with Crippen LogP contribution in [0.2, 0.25) is 5.02 Å². The molecule has 5 rings (SSSR count). The summed E-state index contributed by atoms with van der Waals surface area (Å²) in [6, 6.07) is 17.6. The van der Waals surface area contributed by atoms with E-state index in [1.807, 2.05) is 56.3 Å². The van der Waals surface area contributed by atoms with E-state index in [0.717, 1.165) is 5.56 Å². The molecule has 0 spiro atoms. The van der Waals surface area contributed by atoms with Gasteiger partial charge in [0.15, 0.2) is 0 Å². The molecule has 11 heteroatoms. The minimum Gasteiger partial charge on any atom is -0.447 e. The van der Waals surface area contributed by atoms with Crippen molar-refractivity contribution in [2.24, 2.45) is 0 Å². The van der Waals surface area contributed by atoms with Crippen molar-refractivity contribution in [1.29, 1.82) is 0 Å². The van der Waals surface area contributed by atoms with Crippen LogP contribution in [0.4, 0.5) is 16.7 Å². The molecule has 0 radical (unpaired) electrons. The summed E-state index contributed by atoms with van der Waals surface area (Å²) in [7, 11) is 0. The molecule has 1 aliphatic heterocycles. The molecule has 1 amide bonds. The quantitative estimate of drug-likeness (QED) is 0.280. The molecule has 3 heterocycles. The minimum atomic E-state index is -0.507. The molecule has 1 aliphatic rings. The molecule has 39 heavy (non-hydrogen) atoms. The number of nitrogens with zero attached hydrogens (tertiary/aromatic N) is 4. The predicted molar refractivity (Wildman–Crippen MR) is 149 cm³/mol. The number of nitrogens with one attached hydrogen (secondary N) is 2. The van der Waals surface area contributed by atoms with Gasteiger partial charge in [0.1, 0.15) is 18.2 Å². The van der Waals surface area contributed by atoms with Gasteiger partial charge in [-0.15, -0.1) is 0 Å². The molecule has 4 aromatic rings. The molecular formula is C28H27ClN6O4. The third kappa shape index (κ3) is 5.70. The lowest BCUT2D eigenvalue weighted by molar-refractivity contribution is 0.178. The van der Waals surface area contributed by atoms with Gasteiger partial charge in [-0.1, -0.05) is 48.9 Å². The summed E-state index contributed by atoms with van der Waals surface area (Å²) in [5, 5.41) is 3.78. The van der Waals surface area contributed by atoms with Gasteiger partial charge in [-0.2, -0.15) is 15.0 Å². The number of ether oxygens (including phenoxy) is 2. The minimum absolute atomic E-state index is 0.161. The fourth-order valence-electron chi connectivity index (χ4n) is 4.30. The van der Waals surface area contributed by atoms with Crippen LogP contribution in [0.5, 0.6) is 11.6 Å². The zero-order valence-electron chi connectivity index (χ0n) is 21.6. The topological polar surface area (TPSA) is 122 Å². The van der Waals surface area contributed by atoms with E-state index >= 15 is 0 Å². The van der Waals surface area contributed by atoms with Crippen molar-refractivity contribution in [2.45, 2.75) is 39.3 Å². The average Bonchev–Trinajstić information content (AvgIpc) is 3.30. The number of rotatable bonds is 8. The van der Waals surface area contributed by atoms with Gasteiger partial charge in [-0.05, 0) is 56.2 Å². The van der Waals surface area contributed by atoms with Gasteiger partial charge >= 0.3 is 6.09 Å². The van der Waals surface area contributed by atoms with Crippen LogP contribution in [0, 0.1) is 6.92 Å². The number of aromatic amines is 1. The van der Waals surface area contributed by atoms with Crippen molar-refractivity contribution in [3.05, 3.63) is 87.4 Å². The van der Waals surface area contributed by atoms with Gasteiger partial charge in [-0.25, -0.2) is 9.69 Å². The number of hydrogen-bond acceptors (Lipinski definition) is 8. The van der Waals surface area contributed by atoms with Crippen LogP contribution < -0.4 is 20.5 Å². The SMILES string of the molecule is CC[C@H]1COC(=O)N1c1nc(C)nc(N[C@@H](C)c2cc(-c3ccc(Cl)cc3)c(Oc3ccccc3)[nH]c2=O)n1. The lowest BCUT2D eigenvalue weighted by Gasteiger charge is -2.20. The first-order valence-corrected chi connectivity index (χ1v) is 12.9. The molecule has 2 aromatic carbocycles. The summed E-state index contributed by atoms with van der Waals surface area (Å²) in [5.41, 5.74) is 1.59. The van der Waals surface area contributed by atoms with E-state index in [2.05, 4.69) is 25.3 Å². The zero-order valence-corrected chi connectivity index (χ0v) is 22.4. The summed E-state index contributed by atoms with van der Waals surface area (Å²) < 4.78 is 11.2. The molecule has 0 aliphatic carbocycles. The first-order chi connectivity index (χ1) is 18.8. The second-order valence-corrected chi connectivity index (χ2v) is 9.54.